The van der Waals surface area contributed by atoms with Crippen molar-refractivity contribution >= 4 is 16.7 Å². The van der Waals surface area contributed by atoms with E-state index in [0.29, 0.717) is 5.82 Å². The molecule has 1 N–H and O–H groups in total. The van der Waals surface area contributed by atoms with Crippen LogP contribution in [0.4, 0.5) is 5.82 Å². The van der Waals surface area contributed by atoms with E-state index >= 15 is 0 Å². The topological polar surface area (TPSA) is 63.8 Å². The van der Waals surface area contributed by atoms with Crippen molar-refractivity contribution in [3.05, 3.63) is 72.9 Å². The highest BCUT2D eigenvalue weighted by Crippen LogP contribution is 2.25. The van der Waals surface area contributed by atoms with Gasteiger partial charge in [-0.2, -0.15) is 0 Å². The van der Waals surface area contributed by atoms with Gasteiger partial charge in [0.1, 0.15) is 11.6 Å². The number of furan rings is 1. The van der Waals surface area contributed by atoms with Crippen molar-refractivity contribution in [2.75, 3.05) is 5.32 Å². The van der Waals surface area contributed by atoms with Crippen LogP contribution in [-0.4, -0.2) is 21.0 Å². The zero-order valence-electron chi connectivity index (χ0n) is 14.6. The van der Waals surface area contributed by atoms with Gasteiger partial charge in [0.15, 0.2) is 5.82 Å². The summed E-state index contributed by atoms with van der Waals surface area (Å²) in [7, 11) is 0. The first-order chi connectivity index (χ1) is 12.8. The molecule has 0 aliphatic carbocycles. The Bertz CT molecular complexity index is 984. The average molecular weight is 344 g/mol. The van der Waals surface area contributed by atoms with Gasteiger partial charge in [-0.15, -0.1) is 0 Å². The molecular formula is C21H20N4O. The maximum Gasteiger partial charge on any atom is 0.163 e. The molecule has 0 spiro atoms. The Morgan fingerprint density at radius 1 is 1.04 bits per heavy atom. The predicted molar refractivity (Wildman–Crippen MR) is 103 cm³/mol. The van der Waals surface area contributed by atoms with E-state index in [4.69, 9.17) is 14.4 Å². The summed E-state index contributed by atoms with van der Waals surface area (Å²) >= 11 is 0. The number of para-hydroxylation sites is 1. The second-order valence-electron chi connectivity index (χ2n) is 6.32. The Morgan fingerprint density at radius 3 is 2.77 bits per heavy atom. The molecule has 5 heteroatoms. The molecule has 1 atom stereocenters. The van der Waals surface area contributed by atoms with Crippen LogP contribution in [0.3, 0.4) is 0 Å². The molecule has 0 aliphatic heterocycles. The van der Waals surface area contributed by atoms with Gasteiger partial charge in [0.25, 0.3) is 0 Å². The summed E-state index contributed by atoms with van der Waals surface area (Å²) < 4.78 is 5.42. The van der Waals surface area contributed by atoms with Gasteiger partial charge in [-0.05, 0) is 49.7 Å². The standard InChI is InChI=1S/C21H20N4O/c1-15(10-11-17-7-5-13-26-17)23-21-18-8-2-3-9-19(18)24-20(25-21)16-6-4-12-22-14-16/h2-9,12-15H,10-11H2,1H3,(H,23,24,25). The lowest BCUT2D eigenvalue weighted by molar-refractivity contribution is 0.495. The Kier molecular flexibility index (Phi) is 4.60. The molecule has 0 radical (unpaired) electrons. The van der Waals surface area contributed by atoms with Gasteiger partial charge < -0.3 is 9.73 Å². The first-order valence-corrected chi connectivity index (χ1v) is 8.76. The summed E-state index contributed by atoms with van der Waals surface area (Å²) in [6.45, 7) is 2.16. The number of anilines is 1. The molecule has 3 aromatic heterocycles. The smallest absolute Gasteiger partial charge is 0.163 e. The molecule has 3 heterocycles. The minimum Gasteiger partial charge on any atom is -0.469 e. The van der Waals surface area contributed by atoms with E-state index in [1.807, 2.05) is 48.5 Å². The third kappa shape index (κ3) is 3.57. The Morgan fingerprint density at radius 2 is 1.96 bits per heavy atom. The van der Waals surface area contributed by atoms with Crippen molar-refractivity contribution < 1.29 is 4.42 Å². The monoisotopic (exact) mass is 344 g/mol. The van der Waals surface area contributed by atoms with E-state index in [1.54, 1.807) is 18.7 Å². The quantitative estimate of drug-likeness (QED) is 0.548. The van der Waals surface area contributed by atoms with Crippen molar-refractivity contribution in [2.24, 2.45) is 0 Å². The molecule has 5 nitrogen and oxygen atoms in total. The summed E-state index contributed by atoms with van der Waals surface area (Å²) in [4.78, 5) is 13.6. The Hall–Kier alpha value is -3.21. The summed E-state index contributed by atoms with van der Waals surface area (Å²) in [5.41, 5.74) is 1.83. The van der Waals surface area contributed by atoms with E-state index < -0.39 is 0 Å². The molecule has 0 saturated carbocycles. The maximum atomic E-state index is 5.42. The summed E-state index contributed by atoms with van der Waals surface area (Å²) in [5.74, 6) is 2.53. The Labute approximate surface area is 152 Å². The van der Waals surface area contributed by atoms with Crippen LogP contribution >= 0.6 is 0 Å². The Balaban J connectivity index is 1.62. The molecule has 0 fully saturated rings. The fourth-order valence-electron chi connectivity index (χ4n) is 2.93. The third-order valence-corrected chi connectivity index (χ3v) is 4.31. The number of aromatic nitrogens is 3. The molecule has 1 unspecified atom stereocenters. The minimum atomic E-state index is 0.250. The third-order valence-electron chi connectivity index (χ3n) is 4.31. The summed E-state index contributed by atoms with van der Waals surface area (Å²) in [6, 6.07) is 16.1. The van der Waals surface area contributed by atoms with Crippen molar-refractivity contribution in [2.45, 2.75) is 25.8 Å². The molecule has 4 aromatic rings. The van der Waals surface area contributed by atoms with Crippen LogP contribution in [0.1, 0.15) is 19.1 Å². The highest BCUT2D eigenvalue weighted by atomic mass is 16.3. The van der Waals surface area contributed by atoms with Gasteiger partial charge in [-0.3, -0.25) is 4.98 Å². The number of nitrogens with zero attached hydrogens (tertiary/aromatic N) is 3. The molecule has 0 saturated heterocycles. The van der Waals surface area contributed by atoms with Gasteiger partial charge in [-0.25, -0.2) is 9.97 Å². The van der Waals surface area contributed by atoms with Crippen molar-refractivity contribution in [3.8, 4) is 11.4 Å². The first-order valence-electron chi connectivity index (χ1n) is 8.76. The van der Waals surface area contributed by atoms with Crippen LogP contribution in [0, 0.1) is 0 Å². The van der Waals surface area contributed by atoms with Gasteiger partial charge in [0.2, 0.25) is 0 Å². The SMILES string of the molecule is CC(CCc1ccco1)Nc1nc(-c2cccnc2)nc2ccccc12. The number of hydrogen-bond donors (Lipinski definition) is 1. The van der Waals surface area contributed by atoms with Crippen molar-refractivity contribution in [1.82, 2.24) is 15.0 Å². The van der Waals surface area contributed by atoms with Crippen molar-refractivity contribution in [1.29, 1.82) is 0 Å². The van der Waals surface area contributed by atoms with E-state index in [2.05, 4.69) is 17.2 Å². The molecule has 26 heavy (non-hydrogen) atoms. The lowest BCUT2D eigenvalue weighted by Crippen LogP contribution is -2.17. The van der Waals surface area contributed by atoms with Crippen LogP contribution in [0.15, 0.2) is 71.6 Å². The van der Waals surface area contributed by atoms with Crippen LogP contribution in [0.5, 0.6) is 0 Å². The largest absolute Gasteiger partial charge is 0.469 e. The maximum absolute atomic E-state index is 5.42. The second kappa shape index (κ2) is 7.35. The van der Waals surface area contributed by atoms with Gasteiger partial charge in [0.05, 0.1) is 11.8 Å². The molecule has 1 aromatic carbocycles. The number of hydrogen-bond acceptors (Lipinski definition) is 5. The summed E-state index contributed by atoms with van der Waals surface area (Å²) in [6.07, 6.45) is 7.09. The first kappa shape index (κ1) is 16.3. The lowest BCUT2D eigenvalue weighted by atomic mass is 10.1. The van der Waals surface area contributed by atoms with Gasteiger partial charge in [0, 0.05) is 35.8 Å². The van der Waals surface area contributed by atoms with E-state index in [1.165, 1.54) is 0 Å². The molecule has 4 rings (SSSR count). The van der Waals surface area contributed by atoms with Crippen LogP contribution in [0.25, 0.3) is 22.3 Å². The van der Waals surface area contributed by atoms with Crippen LogP contribution < -0.4 is 5.32 Å². The number of rotatable bonds is 6. The molecule has 0 bridgehead atoms. The molecule has 130 valence electrons. The van der Waals surface area contributed by atoms with Crippen LogP contribution in [0.2, 0.25) is 0 Å². The summed E-state index contributed by atoms with van der Waals surface area (Å²) in [5, 5.41) is 4.56. The number of pyridine rings is 1. The predicted octanol–water partition coefficient (Wildman–Crippen LogP) is 4.72. The zero-order valence-corrected chi connectivity index (χ0v) is 14.6. The fourth-order valence-corrected chi connectivity index (χ4v) is 2.93. The van der Waals surface area contributed by atoms with Crippen LogP contribution in [-0.2, 0) is 6.42 Å². The van der Waals surface area contributed by atoms with E-state index in [0.717, 1.165) is 40.9 Å². The molecular weight excluding hydrogens is 324 g/mol. The average Bonchev–Trinajstić information content (AvgIpc) is 3.21. The van der Waals surface area contributed by atoms with Gasteiger partial charge in [-0.1, -0.05) is 12.1 Å². The van der Waals surface area contributed by atoms with Gasteiger partial charge >= 0.3 is 0 Å². The zero-order chi connectivity index (χ0) is 17.8. The fraction of sp³-hybridized carbons (Fsp3) is 0.190. The highest BCUT2D eigenvalue weighted by Gasteiger charge is 2.12. The number of fused-ring (bicyclic) bond motifs is 1. The normalized spacial score (nSPS) is 12.2. The molecule has 0 amide bonds. The number of nitrogens with one attached hydrogen (secondary N) is 1. The van der Waals surface area contributed by atoms with E-state index in [9.17, 15) is 0 Å². The second-order valence-corrected chi connectivity index (χ2v) is 6.32. The minimum absolute atomic E-state index is 0.250. The number of aryl methyl sites for hydroxylation is 1. The molecule has 0 aliphatic rings. The lowest BCUT2D eigenvalue weighted by Gasteiger charge is -2.16. The number of benzene rings is 1. The highest BCUT2D eigenvalue weighted by molar-refractivity contribution is 5.90. The van der Waals surface area contributed by atoms with Crippen molar-refractivity contribution in [3.63, 3.8) is 0 Å². The van der Waals surface area contributed by atoms with E-state index in [-0.39, 0.29) is 6.04 Å².